The van der Waals surface area contributed by atoms with Crippen molar-refractivity contribution in [3.8, 4) is 5.75 Å². The smallest absolute Gasteiger partial charge is 0.257 e. The Morgan fingerprint density at radius 1 is 1.03 bits per heavy atom. The largest absolute Gasteiger partial charge is 0.505 e. The van der Waals surface area contributed by atoms with Crippen LogP contribution in [-0.2, 0) is 0 Å². The molecule has 0 aliphatic rings. The number of carbonyl (C=O) groups excluding carboxylic acids is 1. The molecule has 150 valence electrons. The number of halogens is 1. The Balaban J connectivity index is 1.87. The van der Waals surface area contributed by atoms with Gasteiger partial charge in [0.25, 0.3) is 16.8 Å². The van der Waals surface area contributed by atoms with Gasteiger partial charge in [0.05, 0.1) is 11.3 Å². The molecule has 0 aromatic heterocycles. The highest BCUT2D eigenvalue weighted by atomic mass is 19.1. The summed E-state index contributed by atoms with van der Waals surface area (Å²) >= 11 is 0. The lowest BCUT2D eigenvalue weighted by molar-refractivity contribution is 0.0824. The average molecular weight is 397 g/mol. The van der Waals surface area contributed by atoms with Gasteiger partial charge in [0.2, 0.25) is 0 Å². The van der Waals surface area contributed by atoms with Crippen LogP contribution in [0.3, 0.4) is 0 Å². The number of nitrogens with zero attached hydrogens (tertiary/aromatic N) is 1. The Hall–Kier alpha value is -3.68. The molecule has 29 heavy (non-hydrogen) atoms. The van der Waals surface area contributed by atoms with E-state index in [2.05, 4.69) is 10.6 Å². The minimum Gasteiger partial charge on any atom is -0.505 e. The summed E-state index contributed by atoms with van der Waals surface area (Å²) in [6.45, 7) is 1.77. The summed E-state index contributed by atoms with van der Waals surface area (Å²) in [4.78, 5) is 37.6. The van der Waals surface area contributed by atoms with Gasteiger partial charge in [0.1, 0.15) is 17.2 Å². The first-order chi connectivity index (χ1) is 13.7. The molecule has 0 aliphatic carbocycles. The van der Waals surface area contributed by atoms with Gasteiger partial charge in [-0.1, -0.05) is 18.2 Å². The van der Waals surface area contributed by atoms with E-state index in [0.29, 0.717) is 0 Å². The van der Waals surface area contributed by atoms with E-state index in [1.165, 1.54) is 29.2 Å². The second-order valence-corrected chi connectivity index (χ2v) is 6.85. The van der Waals surface area contributed by atoms with Crippen molar-refractivity contribution >= 4 is 23.0 Å². The fourth-order valence-corrected chi connectivity index (χ4v) is 2.89. The van der Waals surface area contributed by atoms with E-state index in [0.717, 1.165) is 5.56 Å². The molecule has 3 aromatic carbocycles. The highest BCUT2D eigenvalue weighted by molar-refractivity contribution is 5.99. The van der Waals surface area contributed by atoms with Crippen LogP contribution in [0.25, 0.3) is 0 Å². The molecule has 0 heterocycles. The van der Waals surface area contributed by atoms with E-state index >= 15 is 0 Å². The van der Waals surface area contributed by atoms with Crippen molar-refractivity contribution in [2.75, 3.05) is 24.7 Å². The van der Waals surface area contributed by atoms with Crippen LogP contribution in [0.5, 0.6) is 5.75 Å². The number of phenols is 1. The lowest BCUT2D eigenvalue weighted by atomic mass is 10.1. The number of hydrogen-bond donors (Lipinski definition) is 3. The molecule has 0 radical (unpaired) electrons. The van der Waals surface area contributed by atoms with Crippen LogP contribution in [-0.4, -0.2) is 30.0 Å². The summed E-state index contributed by atoms with van der Waals surface area (Å²) in [5.41, 5.74) is -0.449. The van der Waals surface area contributed by atoms with E-state index in [1.807, 2.05) is 0 Å². The zero-order valence-electron chi connectivity index (χ0n) is 16.1. The van der Waals surface area contributed by atoms with Crippen LogP contribution in [0.1, 0.15) is 28.9 Å². The van der Waals surface area contributed by atoms with Crippen molar-refractivity contribution < 1.29 is 14.3 Å². The van der Waals surface area contributed by atoms with Crippen LogP contribution >= 0.6 is 0 Å². The number of phenolic OH excluding ortho intramolecular Hbond substituents is 1. The molecule has 0 aliphatic heterocycles. The standard InChI is InChI=1S/C21H20FN3O4/c1-11(12-7-9-13(22)10-8-12)23-16-17(20(28)19(16)27)24-15-6-4-5-14(18(15)26)21(29)25(2)3/h4-11,23-24,26H,1-3H3/t11-/m1/s1. The van der Waals surface area contributed by atoms with Crippen LogP contribution in [0.4, 0.5) is 21.5 Å². The fourth-order valence-electron chi connectivity index (χ4n) is 2.89. The molecule has 0 unspecified atom stereocenters. The zero-order valence-corrected chi connectivity index (χ0v) is 16.1. The molecule has 0 saturated carbocycles. The molecule has 1 amide bonds. The van der Waals surface area contributed by atoms with Gasteiger partial charge in [0.15, 0.2) is 5.75 Å². The number of para-hydroxylation sites is 1. The van der Waals surface area contributed by atoms with Crippen LogP contribution in [0.2, 0.25) is 0 Å². The van der Waals surface area contributed by atoms with Crippen molar-refractivity contribution in [3.63, 3.8) is 0 Å². The maximum Gasteiger partial charge on any atom is 0.257 e. The van der Waals surface area contributed by atoms with Gasteiger partial charge >= 0.3 is 0 Å². The monoisotopic (exact) mass is 397 g/mol. The first-order valence-corrected chi connectivity index (χ1v) is 8.86. The predicted molar refractivity (Wildman–Crippen MR) is 109 cm³/mol. The molecule has 3 aromatic rings. The maximum absolute atomic E-state index is 13.1. The van der Waals surface area contributed by atoms with Gasteiger partial charge in [0, 0.05) is 20.1 Å². The summed E-state index contributed by atoms with van der Waals surface area (Å²) in [7, 11) is 3.11. The Kier molecular flexibility index (Phi) is 5.36. The summed E-state index contributed by atoms with van der Waals surface area (Å²) in [5.74, 6) is -1.10. The number of rotatable bonds is 6. The van der Waals surface area contributed by atoms with Gasteiger partial charge < -0.3 is 20.6 Å². The maximum atomic E-state index is 13.1. The number of nitrogens with one attached hydrogen (secondary N) is 2. The number of anilines is 3. The zero-order chi connectivity index (χ0) is 21.3. The SMILES string of the molecule is C[C@@H](Nc1c(Nc2cccc(C(=O)N(C)C)c2O)c(=O)c1=O)c1ccc(F)cc1. The quantitative estimate of drug-likeness (QED) is 0.437. The normalized spacial score (nSPS) is 11.9. The predicted octanol–water partition coefficient (Wildman–Crippen LogP) is 2.75. The molecule has 3 rings (SSSR count). The molecular weight excluding hydrogens is 377 g/mol. The molecule has 0 saturated heterocycles. The third-order valence-corrected chi connectivity index (χ3v) is 4.57. The number of hydrogen-bond acceptors (Lipinski definition) is 6. The second-order valence-electron chi connectivity index (χ2n) is 6.85. The number of aromatic hydroxyl groups is 1. The Morgan fingerprint density at radius 3 is 2.28 bits per heavy atom. The molecule has 7 nitrogen and oxygen atoms in total. The van der Waals surface area contributed by atoms with Gasteiger partial charge in [-0.2, -0.15) is 0 Å². The Labute approximate surface area is 166 Å². The molecule has 1 atom stereocenters. The fraction of sp³-hybridized carbons (Fsp3) is 0.190. The first-order valence-electron chi connectivity index (χ1n) is 8.86. The van der Waals surface area contributed by atoms with Gasteiger partial charge in [-0.15, -0.1) is 0 Å². The lowest BCUT2D eigenvalue weighted by Crippen LogP contribution is -2.37. The van der Waals surface area contributed by atoms with Crippen molar-refractivity contribution in [3.05, 3.63) is 79.9 Å². The third-order valence-electron chi connectivity index (χ3n) is 4.57. The molecule has 8 heteroatoms. The van der Waals surface area contributed by atoms with Crippen molar-refractivity contribution in [1.82, 2.24) is 4.90 Å². The summed E-state index contributed by atoms with van der Waals surface area (Å²) in [6, 6.07) is 9.90. The van der Waals surface area contributed by atoms with E-state index in [4.69, 9.17) is 0 Å². The number of amides is 1. The van der Waals surface area contributed by atoms with Gasteiger partial charge in [-0.05, 0) is 36.8 Å². The second kappa shape index (κ2) is 7.75. The minimum absolute atomic E-state index is 0.00582. The van der Waals surface area contributed by atoms with Gasteiger partial charge in [-0.25, -0.2) is 4.39 Å². The molecular formula is C21H20FN3O4. The summed E-state index contributed by atoms with van der Waals surface area (Å²) in [5, 5.41) is 16.1. The van der Waals surface area contributed by atoms with E-state index < -0.39 is 16.8 Å². The van der Waals surface area contributed by atoms with Crippen LogP contribution in [0.15, 0.2) is 52.1 Å². The summed E-state index contributed by atoms with van der Waals surface area (Å²) < 4.78 is 13.1. The van der Waals surface area contributed by atoms with Crippen molar-refractivity contribution in [1.29, 1.82) is 0 Å². The average Bonchev–Trinajstić information content (AvgIpc) is 2.71. The number of benzene rings is 2. The van der Waals surface area contributed by atoms with Gasteiger partial charge in [-0.3, -0.25) is 14.4 Å². The Morgan fingerprint density at radius 2 is 1.66 bits per heavy atom. The highest BCUT2D eigenvalue weighted by Gasteiger charge is 2.24. The van der Waals surface area contributed by atoms with E-state index in [1.54, 1.807) is 39.2 Å². The molecule has 3 N–H and O–H groups in total. The lowest BCUT2D eigenvalue weighted by Gasteiger charge is -2.21. The van der Waals surface area contributed by atoms with Crippen LogP contribution < -0.4 is 21.5 Å². The highest BCUT2D eigenvalue weighted by Crippen LogP contribution is 2.32. The summed E-state index contributed by atoms with van der Waals surface area (Å²) in [6.07, 6.45) is 0. The van der Waals surface area contributed by atoms with E-state index in [-0.39, 0.29) is 40.2 Å². The minimum atomic E-state index is -0.734. The molecule has 0 fully saturated rings. The molecule has 0 spiro atoms. The van der Waals surface area contributed by atoms with Crippen LogP contribution in [0, 0.1) is 5.82 Å². The third kappa shape index (κ3) is 3.82. The first kappa shape index (κ1) is 20.1. The van der Waals surface area contributed by atoms with Crippen molar-refractivity contribution in [2.24, 2.45) is 0 Å². The Bertz CT molecular complexity index is 1130. The molecule has 0 bridgehead atoms. The topological polar surface area (TPSA) is 98.7 Å². The van der Waals surface area contributed by atoms with E-state index in [9.17, 15) is 23.9 Å². The van der Waals surface area contributed by atoms with Crippen molar-refractivity contribution in [2.45, 2.75) is 13.0 Å². The number of carbonyl (C=O) groups is 1.